The molecule has 0 unspecified atom stereocenters. The molecule has 0 spiro atoms. The summed E-state index contributed by atoms with van der Waals surface area (Å²) in [6, 6.07) is 28.0. The van der Waals surface area contributed by atoms with Gasteiger partial charge in [0.2, 0.25) is 0 Å². The minimum atomic E-state index is -0.447. The summed E-state index contributed by atoms with van der Waals surface area (Å²) in [5.41, 5.74) is 2.15. The molecule has 0 N–H and O–H groups in total. The van der Waals surface area contributed by atoms with E-state index in [0.717, 1.165) is 0 Å². The summed E-state index contributed by atoms with van der Waals surface area (Å²) < 4.78 is 117. The zero-order chi connectivity index (χ0) is 42.8. The second kappa shape index (κ2) is 11.1. The summed E-state index contributed by atoms with van der Waals surface area (Å²) >= 11 is 0. The predicted octanol–water partition coefficient (Wildman–Crippen LogP) is 13.7. The molecule has 49 heavy (non-hydrogen) atoms. The molecule has 1 nitrogen and oxygen atoms in total. The Bertz CT molecular complexity index is 3490. The summed E-state index contributed by atoms with van der Waals surface area (Å²) in [4.78, 5) is 0. The highest BCUT2D eigenvalue weighted by Crippen LogP contribution is 2.47. The lowest BCUT2D eigenvalue weighted by Crippen LogP contribution is -1.91. The Morgan fingerprint density at radius 3 is 1.51 bits per heavy atom. The van der Waals surface area contributed by atoms with Crippen LogP contribution in [-0.2, 0) is 0 Å². The van der Waals surface area contributed by atoms with Gasteiger partial charge in [-0.25, -0.2) is 0 Å². The highest BCUT2D eigenvalue weighted by molar-refractivity contribution is 6.26. The number of rotatable bonds is 4. The fourth-order valence-electron chi connectivity index (χ4n) is 6.80. The molecule has 0 saturated heterocycles. The van der Waals surface area contributed by atoms with Crippen molar-refractivity contribution in [2.45, 2.75) is 0 Å². The van der Waals surface area contributed by atoms with Crippen molar-refractivity contribution in [3.05, 3.63) is 182 Å². The normalized spacial score (nSPS) is 15.1. The van der Waals surface area contributed by atoms with Crippen LogP contribution in [0.4, 0.5) is 0 Å². The quantitative estimate of drug-likeness (QED) is 0.176. The standard InChI is InChI=1S/C48H30O/c1-3-12-31(13-4-1)33-22-23-35-29-37(25-24-34(35)28-33)46-38-16-7-9-18-40(38)47(41-19-10-8-17-39(41)46)43-20-11-21-44-48(43)42-27-26-36(30-45(42)49-44)32-14-5-2-6-15-32/h1-30H/i11D,20D,21D,22D,23D,24D,25D,26D,27D,28D,29D,30D. The van der Waals surface area contributed by atoms with Gasteiger partial charge in [-0.2, -0.15) is 0 Å². The maximum absolute atomic E-state index is 9.66. The van der Waals surface area contributed by atoms with E-state index in [-0.39, 0.29) is 115 Å². The third-order valence-electron chi connectivity index (χ3n) is 9.00. The molecule has 0 radical (unpaired) electrons. The first-order valence-corrected chi connectivity index (χ1v) is 15.9. The van der Waals surface area contributed by atoms with Gasteiger partial charge in [-0.3, -0.25) is 0 Å². The van der Waals surface area contributed by atoms with Crippen molar-refractivity contribution >= 4 is 54.3 Å². The molecule has 10 aromatic rings. The number of hydrogen-bond donors (Lipinski definition) is 0. The minimum absolute atomic E-state index is 0.0171. The van der Waals surface area contributed by atoms with E-state index in [1.54, 1.807) is 109 Å². The topological polar surface area (TPSA) is 13.1 Å². The smallest absolute Gasteiger partial charge is 0.136 e. The van der Waals surface area contributed by atoms with Crippen molar-refractivity contribution in [3.8, 4) is 44.5 Å². The zero-order valence-corrected chi connectivity index (χ0v) is 25.8. The van der Waals surface area contributed by atoms with Crippen LogP contribution < -0.4 is 0 Å². The molecule has 0 bridgehead atoms. The van der Waals surface area contributed by atoms with E-state index in [2.05, 4.69) is 0 Å². The molecule has 0 saturated carbocycles. The number of benzene rings is 9. The minimum Gasteiger partial charge on any atom is -0.456 e. The second-order valence-corrected chi connectivity index (χ2v) is 11.8. The fraction of sp³-hybridized carbons (Fsp3) is 0. The molecule has 0 atom stereocenters. The van der Waals surface area contributed by atoms with Gasteiger partial charge in [0.05, 0.1) is 16.4 Å². The molecular weight excluding hydrogens is 593 g/mol. The van der Waals surface area contributed by atoms with Gasteiger partial charge >= 0.3 is 0 Å². The lowest BCUT2D eigenvalue weighted by Gasteiger charge is -2.18. The molecule has 0 aliphatic carbocycles. The van der Waals surface area contributed by atoms with Crippen LogP contribution in [0.15, 0.2) is 186 Å². The van der Waals surface area contributed by atoms with Crippen molar-refractivity contribution in [2.24, 2.45) is 0 Å². The van der Waals surface area contributed by atoms with E-state index in [1.165, 1.54) is 0 Å². The van der Waals surface area contributed by atoms with Gasteiger partial charge in [-0.1, -0.05) is 151 Å². The zero-order valence-electron chi connectivity index (χ0n) is 37.8. The summed E-state index contributed by atoms with van der Waals surface area (Å²) in [7, 11) is 0. The van der Waals surface area contributed by atoms with Crippen LogP contribution in [0.2, 0.25) is 0 Å². The summed E-state index contributed by atoms with van der Waals surface area (Å²) in [6.07, 6.45) is 0. The average Bonchev–Trinajstić information content (AvgIpc) is 3.68. The van der Waals surface area contributed by atoms with Crippen molar-refractivity contribution in [3.63, 3.8) is 0 Å². The van der Waals surface area contributed by atoms with Gasteiger partial charge in [0.15, 0.2) is 0 Å². The number of fused-ring (bicyclic) bond motifs is 6. The number of hydrogen-bond acceptors (Lipinski definition) is 1. The van der Waals surface area contributed by atoms with Gasteiger partial charge in [0, 0.05) is 10.8 Å². The van der Waals surface area contributed by atoms with E-state index >= 15 is 0 Å². The third kappa shape index (κ3) is 4.47. The Morgan fingerprint density at radius 1 is 0.367 bits per heavy atom. The van der Waals surface area contributed by atoms with Gasteiger partial charge < -0.3 is 4.42 Å². The Balaban J connectivity index is 1.35. The Labute approximate surface area is 301 Å². The Morgan fingerprint density at radius 2 is 0.878 bits per heavy atom. The molecular formula is C48H30O. The SMILES string of the molecule is [2H]c1c([2H])c(-c2c3ccccc3c(-c3c([2H])c([2H])c4c([2H])c(-c5ccccc5)c([2H])c([2H])c4c3[2H])c3ccccc23)c2c(oc3c([2H])c(-c4ccccc4)c([2H])c([2H])c32)c1[2H]. The molecule has 0 fully saturated rings. The molecule has 228 valence electrons. The molecule has 1 heterocycles. The van der Waals surface area contributed by atoms with E-state index < -0.39 is 12.1 Å². The first-order valence-electron chi connectivity index (χ1n) is 21.9. The molecule has 1 heteroatoms. The number of furan rings is 1. The van der Waals surface area contributed by atoms with Crippen molar-refractivity contribution < 1.29 is 20.9 Å². The van der Waals surface area contributed by atoms with E-state index in [1.807, 2.05) is 0 Å². The maximum atomic E-state index is 9.66. The monoisotopic (exact) mass is 634 g/mol. The fourth-order valence-corrected chi connectivity index (χ4v) is 6.80. The summed E-state index contributed by atoms with van der Waals surface area (Å²) in [6.45, 7) is 0. The van der Waals surface area contributed by atoms with Crippen molar-refractivity contribution in [1.29, 1.82) is 0 Å². The molecule has 0 amide bonds. The first-order chi connectivity index (χ1) is 29.3. The van der Waals surface area contributed by atoms with Crippen LogP contribution in [0, 0.1) is 0 Å². The van der Waals surface area contributed by atoms with Crippen LogP contribution in [0.25, 0.3) is 98.8 Å². The molecule has 0 aliphatic rings. The average molecular weight is 635 g/mol. The van der Waals surface area contributed by atoms with E-state index in [4.69, 9.17) is 9.90 Å². The molecule has 1 aromatic heterocycles. The summed E-state index contributed by atoms with van der Waals surface area (Å²) in [5.74, 6) is 0. The van der Waals surface area contributed by atoms with Crippen LogP contribution in [0.1, 0.15) is 16.4 Å². The molecule has 10 rings (SSSR count). The largest absolute Gasteiger partial charge is 0.456 e. The first kappa shape index (κ1) is 18.2. The van der Waals surface area contributed by atoms with Gasteiger partial charge in [-0.05, 0) is 107 Å². The lowest BCUT2D eigenvalue weighted by molar-refractivity contribution is 0.669. The molecule has 9 aromatic carbocycles. The van der Waals surface area contributed by atoms with Crippen LogP contribution in [0.3, 0.4) is 0 Å². The maximum Gasteiger partial charge on any atom is 0.136 e. The van der Waals surface area contributed by atoms with Crippen LogP contribution >= 0.6 is 0 Å². The van der Waals surface area contributed by atoms with Crippen LogP contribution in [0.5, 0.6) is 0 Å². The van der Waals surface area contributed by atoms with Crippen LogP contribution in [-0.4, -0.2) is 0 Å². The lowest BCUT2D eigenvalue weighted by atomic mass is 9.84. The second-order valence-electron chi connectivity index (χ2n) is 11.8. The third-order valence-corrected chi connectivity index (χ3v) is 9.00. The molecule has 0 aliphatic heterocycles. The van der Waals surface area contributed by atoms with Gasteiger partial charge in [0.25, 0.3) is 0 Å². The van der Waals surface area contributed by atoms with E-state index in [0.29, 0.717) is 43.8 Å². The highest BCUT2D eigenvalue weighted by Gasteiger charge is 2.20. The van der Waals surface area contributed by atoms with Crippen molar-refractivity contribution in [1.82, 2.24) is 0 Å². The Hall–Kier alpha value is -6.44. The predicted molar refractivity (Wildman–Crippen MR) is 208 cm³/mol. The highest BCUT2D eigenvalue weighted by atomic mass is 16.3. The van der Waals surface area contributed by atoms with Crippen molar-refractivity contribution in [2.75, 3.05) is 0 Å². The van der Waals surface area contributed by atoms with Gasteiger partial charge in [-0.15, -0.1) is 0 Å². The Kier molecular flexibility index (Phi) is 4.11. The van der Waals surface area contributed by atoms with Gasteiger partial charge in [0.1, 0.15) is 11.2 Å². The summed E-state index contributed by atoms with van der Waals surface area (Å²) in [5, 5.41) is 2.01. The van der Waals surface area contributed by atoms with E-state index in [9.17, 15) is 11.0 Å².